The first-order valence-electron chi connectivity index (χ1n) is 9.55. The largest absolute Gasteiger partial charge is 0.465 e. The number of sulfonamides is 1. The second-order valence-corrected chi connectivity index (χ2v) is 11.3. The Bertz CT molecular complexity index is 1100. The molecule has 2 heterocycles. The number of esters is 1. The third-order valence-corrected chi connectivity index (χ3v) is 7.97. The van der Waals surface area contributed by atoms with Crippen LogP contribution in [0.15, 0.2) is 28.5 Å². The molecule has 0 radical (unpaired) electrons. The minimum absolute atomic E-state index is 0.0107. The molecular formula is C21H26N2O5S2. The number of hydrogen-bond donors (Lipinski definition) is 1. The average Bonchev–Trinajstić information content (AvgIpc) is 3.05. The van der Waals surface area contributed by atoms with Crippen molar-refractivity contribution in [1.29, 1.82) is 0 Å². The summed E-state index contributed by atoms with van der Waals surface area (Å²) in [5, 5.41) is 0. The van der Waals surface area contributed by atoms with Gasteiger partial charge in [-0.1, -0.05) is 32.9 Å². The third kappa shape index (κ3) is 4.37. The number of anilines is 1. The number of thiophene rings is 1. The fourth-order valence-corrected chi connectivity index (χ4v) is 6.38. The summed E-state index contributed by atoms with van der Waals surface area (Å²) in [6, 6.07) is 6.98. The minimum Gasteiger partial charge on any atom is -0.465 e. The number of nitrogens with one attached hydrogen (secondary N) is 1. The van der Waals surface area contributed by atoms with Crippen molar-refractivity contribution >= 4 is 38.9 Å². The monoisotopic (exact) mass is 450 g/mol. The summed E-state index contributed by atoms with van der Waals surface area (Å²) in [6.07, 6.45) is 0.401. The molecule has 1 aromatic carbocycles. The van der Waals surface area contributed by atoms with Gasteiger partial charge in [-0.15, -0.1) is 11.3 Å². The summed E-state index contributed by atoms with van der Waals surface area (Å²) in [5.74, 6) is -0.698. The predicted octanol–water partition coefficient (Wildman–Crippen LogP) is 3.57. The number of carbonyl (C=O) groups is 2. The fourth-order valence-electron chi connectivity index (χ4n) is 3.43. The van der Waals surface area contributed by atoms with Gasteiger partial charge < -0.3 is 9.64 Å². The molecule has 162 valence electrons. The van der Waals surface area contributed by atoms with E-state index < -0.39 is 21.4 Å². The van der Waals surface area contributed by atoms with Crippen LogP contribution in [0, 0.1) is 12.3 Å². The van der Waals surface area contributed by atoms with Crippen molar-refractivity contribution in [1.82, 2.24) is 4.90 Å². The number of ether oxygens (including phenoxy) is 1. The Balaban J connectivity index is 2.03. The lowest BCUT2D eigenvalue weighted by Crippen LogP contribution is -2.42. The molecule has 0 unspecified atom stereocenters. The van der Waals surface area contributed by atoms with Gasteiger partial charge in [0.25, 0.3) is 10.0 Å². The Labute approximate surface area is 181 Å². The summed E-state index contributed by atoms with van der Waals surface area (Å²) >= 11 is 1.02. The first-order chi connectivity index (χ1) is 13.9. The van der Waals surface area contributed by atoms with Crippen LogP contribution >= 0.6 is 11.3 Å². The van der Waals surface area contributed by atoms with Crippen LogP contribution in [0.3, 0.4) is 0 Å². The van der Waals surface area contributed by atoms with Crippen LogP contribution in [-0.4, -0.2) is 38.8 Å². The number of nitrogens with zero attached hydrogens (tertiary/aromatic N) is 1. The Morgan fingerprint density at radius 3 is 2.53 bits per heavy atom. The molecule has 0 saturated carbocycles. The molecule has 0 aliphatic carbocycles. The lowest BCUT2D eigenvalue weighted by Gasteiger charge is -2.32. The van der Waals surface area contributed by atoms with Gasteiger partial charge in [0, 0.05) is 22.5 Å². The van der Waals surface area contributed by atoms with E-state index in [1.54, 1.807) is 23.1 Å². The molecule has 3 rings (SSSR count). The van der Waals surface area contributed by atoms with Crippen molar-refractivity contribution in [2.24, 2.45) is 5.41 Å². The van der Waals surface area contributed by atoms with E-state index in [1.807, 2.05) is 33.8 Å². The van der Waals surface area contributed by atoms with E-state index in [9.17, 15) is 18.0 Å². The molecule has 1 aliphatic rings. The van der Waals surface area contributed by atoms with Crippen molar-refractivity contribution in [3.05, 3.63) is 45.8 Å². The van der Waals surface area contributed by atoms with Gasteiger partial charge in [0.1, 0.15) is 0 Å². The number of aryl methyl sites for hydroxylation is 1. The number of carbonyl (C=O) groups excluding carboxylic acids is 2. The fraction of sp³-hybridized carbons (Fsp3) is 0.429. The molecule has 0 spiro atoms. The molecule has 1 aromatic heterocycles. The maximum absolute atomic E-state index is 13.2. The number of hydrogen-bond acceptors (Lipinski definition) is 6. The molecule has 0 atom stereocenters. The highest BCUT2D eigenvalue weighted by Crippen LogP contribution is 2.38. The van der Waals surface area contributed by atoms with E-state index in [-0.39, 0.29) is 22.2 Å². The summed E-state index contributed by atoms with van der Waals surface area (Å²) in [4.78, 5) is 27.6. The molecule has 2 aromatic rings. The molecule has 1 aliphatic heterocycles. The molecule has 7 nitrogen and oxygen atoms in total. The van der Waals surface area contributed by atoms with Gasteiger partial charge in [-0.25, -0.2) is 13.2 Å². The lowest BCUT2D eigenvalue weighted by atomic mass is 9.93. The molecule has 0 saturated heterocycles. The predicted molar refractivity (Wildman–Crippen MR) is 116 cm³/mol. The Morgan fingerprint density at radius 1 is 1.23 bits per heavy atom. The second-order valence-electron chi connectivity index (χ2n) is 8.36. The zero-order valence-electron chi connectivity index (χ0n) is 17.7. The SMILES string of the molecule is COC(=O)c1c(S(=O)(=O)Nc2cccc(C)c2)sc2c1CCN(C(=O)C(C)(C)C)C2. The normalized spacial score (nSPS) is 14.2. The highest BCUT2D eigenvalue weighted by atomic mass is 32.2. The van der Waals surface area contributed by atoms with Crippen molar-refractivity contribution in [3.63, 3.8) is 0 Å². The van der Waals surface area contributed by atoms with Gasteiger partial charge in [0.2, 0.25) is 5.91 Å². The summed E-state index contributed by atoms with van der Waals surface area (Å²) in [6.45, 7) is 8.11. The van der Waals surface area contributed by atoms with Crippen LogP contribution in [0.2, 0.25) is 0 Å². The van der Waals surface area contributed by atoms with Gasteiger partial charge in [-0.05, 0) is 36.6 Å². The third-order valence-electron chi connectivity index (χ3n) is 4.86. The smallest absolute Gasteiger partial charge is 0.340 e. The zero-order valence-corrected chi connectivity index (χ0v) is 19.4. The highest BCUT2D eigenvalue weighted by molar-refractivity contribution is 7.94. The van der Waals surface area contributed by atoms with E-state index in [0.29, 0.717) is 29.1 Å². The molecule has 30 heavy (non-hydrogen) atoms. The standard InChI is InChI=1S/C21H26N2O5S2/c1-13-7-6-8-14(11-13)22-30(26,27)19-17(18(24)28-5)15-9-10-23(12-16(15)29-19)20(25)21(2,3)4/h6-8,11,22H,9-10,12H2,1-5H3. The van der Waals surface area contributed by atoms with Crippen molar-refractivity contribution in [3.8, 4) is 0 Å². The molecule has 0 bridgehead atoms. The Hall–Kier alpha value is -2.39. The van der Waals surface area contributed by atoms with E-state index in [2.05, 4.69) is 4.72 Å². The van der Waals surface area contributed by atoms with Crippen LogP contribution in [-0.2, 0) is 32.5 Å². The summed E-state index contributed by atoms with van der Waals surface area (Å²) in [7, 11) is -2.78. The van der Waals surface area contributed by atoms with Gasteiger partial charge in [-0.3, -0.25) is 9.52 Å². The lowest BCUT2D eigenvalue weighted by molar-refractivity contribution is -0.140. The van der Waals surface area contributed by atoms with Gasteiger partial charge >= 0.3 is 5.97 Å². The van der Waals surface area contributed by atoms with Crippen molar-refractivity contribution in [2.45, 2.75) is 44.9 Å². The summed E-state index contributed by atoms with van der Waals surface area (Å²) < 4.78 is 33.7. The van der Waals surface area contributed by atoms with E-state index in [4.69, 9.17) is 4.74 Å². The van der Waals surface area contributed by atoms with E-state index >= 15 is 0 Å². The maximum atomic E-state index is 13.2. The highest BCUT2D eigenvalue weighted by Gasteiger charge is 2.37. The number of benzene rings is 1. The van der Waals surface area contributed by atoms with Crippen LogP contribution < -0.4 is 4.72 Å². The average molecular weight is 451 g/mol. The van der Waals surface area contributed by atoms with E-state index in [0.717, 1.165) is 16.9 Å². The summed E-state index contributed by atoms with van der Waals surface area (Å²) in [5.41, 5.74) is 1.50. The Morgan fingerprint density at radius 2 is 1.93 bits per heavy atom. The minimum atomic E-state index is -4.01. The van der Waals surface area contributed by atoms with Gasteiger partial charge in [0.15, 0.2) is 4.21 Å². The maximum Gasteiger partial charge on any atom is 0.340 e. The molecule has 1 amide bonds. The van der Waals surface area contributed by atoms with Gasteiger partial charge in [-0.2, -0.15) is 0 Å². The molecule has 9 heteroatoms. The first-order valence-corrected chi connectivity index (χ1v) is 11.9. The van der Waals surface area contributed by atoms with Crippen LogP contribution in [0.4, 0.5) is 5.69 Å². The van der Waals surface area contributed by atoms with E-state index in [1.165, 1.54) is 7.11 Å². The quantitative estimate of drug-likeness (QED) is 0.719. The second kappa shape index (κ2) is 8.03. The van der Waals surface area contributed by atoms with Crippen LogP contribution in [0.5, 0.6) is 0 Å². The van der Waals surface area contributed by atoms with Crippen LogP contribution in [0.25, 0.3) is 0 Å². The number of rotatable bonds is 4. The zero-order chi connectivity index (χ0) is 22.3. The first kappa shape index (κ1) is 22.3. The Kier molecular flexibility index (Phi) is 5.97. The van der Waals surface area contributed by atoms with Crippen molar-refractivity contribution < 1.29 is 22.7 Å². The number of methoxy groups -OCH3 is 1. The molecule has 0 fully saturated rings. The molecule has 1 N–H and O–H groups in total. The van der Waals surface area contributed by atoms with Gasteiger partial charge in [0.05, 0.1) is 19.2 Å². The number of amides is 1. The molecular weight excluding hydrogens is 424 g/mol. The topological polar surface area (TPSA) is 92.8 Å². The van der Waals surface area contributed by atoms with Crippen LogP contribution in [0.1, 0.15) is 47.1 Å². The number of fused-ring (bicyclic) bond motifs is 1. The van der Waals surface area contributed by atoms with Crippen molar-refractivity contribution in [2.75, 3.05) is 18.4 Å².